The molecule has 0 aliphatic heterocycles. The van der Waals surface area contributed by atoms with Crippen LogP contribution >= 0.6 is 0 Å². The summed E-state index contributed by atoms with van der Waals surface area (Å²) in [4.78, 5) is 4.34. The summed E-state index contributed by atoms with van der Waals surface area (Å²) in [5.74, 6) is 2.08. The van der Waals surface area contributed by atoms with Crippen molar-refractivity contribution in [1.29, 1.82) is 0 Å². The van der Waals surface area contributed by atoms with E-state index in [-0.39, 0.29) is 6.04 Å². The molecular weight excluding hydrogens is 248 g/mol. The van der Waals surface area contributed by atoms with Crippen LogP contribution in [0.5, 0.6) is 11.5 Å². The number of pyridine rings is 1. The second kappa shape index (κ2) is 6.53. The van der Waals surface area contributed by atoms with Crippen LogP contribution in [0.1, 0.15) is 50.4 Å². The topological polar surface area (TPSA) is 48.1 Å². The van der Waals surface area contributed by atoms with E-state index in [2.05, 4.69) is 31.0 Å². The Bertz CT molecular complexity index is 532. The molecule has 0 aliphatic carbocycles. The van der Waals surface area contributed by atoms with Crippen molar-refractivity contribution >= 4 is 0 Å². The number of nitrogens with zero attached hydrogens (tertiary/aromatic N) is 1. The molecule has 0 saturated carbocycles. The first-order valence-corrected chi connectivity index (χ1v) is 7.09. The summed E-state index contributed by atoms with van der Waals surface area (Å²) >= 11 is 0. The van der Waals surface area contributed by atoms with Crippen LogP contribution in [0.25, 0.3) is 0 Å². The van der Waals surface area contributed by atoms with Crippen LogP contribution in [0.4, 0.5) is 0 Å². The van der Waals surface area contributed by atoms with Gasteiger partial charge in [-0.05, 0) is 42.2 Å². The maximum atomic E-state index is 5.94. The van der Waals surface area contributed by atoms with Gasteiger partial charge in [-0.25, -0.2) is 0 Å². The van der Waals surface area contributed by atoms with E-state index in [0.29, 0.717) is 5.92 Å². The molecule has 106 valence electrons. The van der Waals surface area contributed by atoms with Gasteiger partial charge in [0.1, 0.15) is 11.5 Å². The molecule has 2 aromatic rings. The van der Waals surface area contributed by atoms with Crippen molar-refractivity contribution in [2.45, 2.75) is 39.2 Å². The van der Waals surface area contributed by atoms with Gasteiger partial charge in [0.15, 0.2) is 0 Å². The molecule has 0 radical (unpaired) electrons. The largest absolute Gasteiger partial charge is 0.456 e. The van der Waals surface area contributed by atoms with E-state index in [0.717, 1.165) is 23.6 Å². The van der Waals surface area contributed by atoms with Crippen LogP contribution in [-0.4, -0.2) is 4.98 Å². The van der Waals surface area contributed by atoms with Gasteiger partial charge in [0.25, 0.3) is 0 Å². The molecule has 0 bridgehead atoms. The standard InChI is InChI=1S/C17H22N2O/c1-4-16(18)17-10-9-15(11-19-17)20-14-7-5-13(6-8-14)12(2)3/h5-12,16H,4,18H2,1-3H3/t16-/m0/s1. The molecule has 20 heavy (non-hydrogen) atoms. The molecule has 0 unspecified atom stereocenters. The van der Waals surface area contributed by atoms with Crippen molar-refractivity contribution in [3.8, 4) is 11.5 Å². The Morgan fingerprint density at radius 2 is 1.70 bits per heavy atom. The molecule has 1 atom stereocenters. The predicted molar refractivity (Wildman–Crippen MR) is 82.1 cm³/mol. The van der Waals surface area contributed by atoms with Gasteiger partial charge in [0, 0.05) is 6.04 Å². The third-order valence-corrected chi connectivity index (χ3v) is 3.36. The molecule has 2 N–H and O–H groups in total. The van der Waals surface area contributed by atoms with Crippen molar-refractivity contribution in [2.24, 2.45) is 5.73 Å². The van der Waals surface area contributed by atoms with Crippen molar-refractivity contribution in [2.75, 3.05) is 0 Å². The summed E-state index contributed by atoms with van der Waals surface area (Å²) in [5.41, 5.74) is 8.14. The van der Waals surface area contributed by atoms with Crippen LogP contribution in [0.2, 0.25) is 0 Å². The zero-order valence-corrected chi connectivity index (χ0v) is 12.3. The third-order valence-electron chi connectivity index (χ3n) is 3.36. The molecule has 1 aromatic heterocycles. The number of ether oxygens (including phenoxy) is 1. The summed E-state index contributed by atoms with van der Waals surface area (Å²) in [6.45, 7) is 6.40. The fourth-order valence-corrected chi connectivity index (χ4v) is 1.94. The van der Waals surface area contributed by atoms with Crippen LogP contribution in [-0.2, 0) is 0 Å². The number of hydrogen-bond donors (Lipinski definition) is 1. The van der Waals surface area contributed by atoms with Gasteiger partial charge in [0.05, 0.1) is 11.9 Å². The van der Waals surface area contributed by atoms with Crippen LogP contribution in [0.3, 0.4) is 0 Å². The van der Waals surface area contributed by atoms with Gasteiger partial charge in [-0.15, -0.1) is 0 Å². The molecule has 1 aromatic carbocycles. The lowest BCUT2D eigenvalue weighted by molar-refractivity contribution is 0.478. The highest BCUT2D eigenvalue weighted by molar-refractivity contribution is 5.33. The van der Waals surface area contributed by atoms with E-state index in [1.54, 1.807) is 6.20 Å². The lowest BCUT2D eigenvalue weighted by atomic mass is 10.0. The number of aromatic nitrogens is 1. The van der Waals surface area contributed by atoms with Crippen molar-refractivity contribution in [1.82, 2.24) is 4.98 Å². The van der Waals surface area contributed by atoms with E-state index >= 15 is 0 Å². The Balaban J connectivity index is 2.06. The smallest absolute Gasteiger partial charge is 0.145 e. The minimum Gasteiger partial charge on any atom is -0.456 e. The third kappa shape index (κ3) is 3.58. The molecule has 3 heteroatoms. The zero-order valence-electron chi connectivity index (χ0n) is 12.3. The molecular formula is C17H22N2O. The minimum atomic E-state index is -0.00521. The maximum Gasteiger partial charge on any atom is 0.145 e. The van der Waals surface area contributed by atoms with E-state index in [1.165, 1.54) is 5.56 Å². The Kier molecular flexibility index (Phi) is 4.74. The fraction of sp³-hybridized carbons (Fsp3) is 0.353. The monoisotopic (exact) mass is 270 g/mol. The van der Waals surface area contributed by atoms with E-state index < -0.39 is 0 Å². The highest BCUT2D eigenvalue weighted by Crippen LogP contribution is 2.24. The minimum absolute atomic E-state index is 0.00521. The Morgan fingerprint density at radius 1 is 1.05 bits per heavy atom. The fourth-order valence-electron chi connectivity index (χ4n) is 1.94. The first kappa shape index (κ1) is 14.5. The van der Waals surface area contributed by atoms with Crippen molar-refractivity contribution in [3.63, 3.8) is 0 Å². The summed E-state index contributed by atoms with van der Waals surface area (Å²) in [7, 11) is 0. The van der Waals surface area contributed by atoms with Crippen LogP contribution in [0, 0.1) is 0 Å². The Hall–Kier alpha value is -1.87. The van der Waals surface area contributed by atoms with Gasteiger partial charge in [-0.3, -0.25) is 4.98 Å². The van der Waals surface area contributed by atoms with Gasteiger partial charge >= 0.3 is 0 Å². The van der Waals surface area contributed by atoms with E-state index in [9.17, 15) is 0 Å². The van der Waals surface area contributed by atoms with Gasteiger partial charge < -0.3 is 10.5 Å². The van der Waals surface area contributed by atoms with E-state index in [1.807, 2.05) is 31.2 Å². The number of nitrogens with two attached hydrogens (primary N) is 1. The average Bonchev–Trinajstić information content (AvgIpc) is 2.48. The molecule has 1 heterocycles. The van der Waals surface area contributed by atoms with Crippen molar-refractivity contribution < 1.29 is 4.74 Å². The molecule has 3 nitrogen and oxygen atoms in total. The Labute approximate surface area is 120 Å². The molecule has 0 fully saturated rings. The first-order chi connectivity index (χ1) is 9.60. The van der Waals surface area contributed by atoms with E-state index in [4.69, 9.17) is 10.5 Å². The lowest BCUT2D eigenvalue weighted by Gasteiger charge is -2.10. The Morgan fingerprint density at radius 3 is 2.20 bits per heavy atom. The number of hydrogen-bond acceptors (Lipinski definition) is 3. The quantitative estimate of drug-likeness (QED) is 0.875. The van der Waals surface area contributed by atoms with Crippen LogP contribution < -0.4 is 10.5 Å². The van der Waals surface area contributed by atoms with Crippen molar-refractivity contribution in [3.05, 3.63) is 53.9 Å². The van der Waals surface area contributed by atoms with Crippen LogP contribution in [0.15, 0.2) is 42.6 Å². The lowest BCUT2D eigenvalue weighted by Crippen LogP contribution is -2.10. The first-order valence-electron chi connectivity index (χ1n) is 7.09. The normalized spacial score (nSPS) is 12.4. The maximum absolute atomic E-state index is 5.94. The summed E-state index contributed by atoms with van der Waals surface area (Å²) in [6, 6.07) is 12.0. The van der Waals surface area contributed by atoms with Gasteiger partial charge in [0.2, 0.25) is 0 Å². The highest BCUT2D eigenvalue weighted by Gasteiger charge is 2.05. The zero-order chi connectivity index (χ0) is 14.5. The second-order valence-electron chi connectivity index (χ2n) is 5.26. The number of benzene rings is 1. The summed E-state index contributed by atoms with van der Waals surface area (Å²) in [6.07, 6.45) is 2.60. The van der Waals surface area contributed by atoms with Gasteiger partial charge in [-0.2, -0.15) is 0 Å². The molecule has 0 amide bonds. The summed E-state index contributed by atoms with van der Waals surface area (Å²) in [5, 5.41) is 0. The predicted octanol–water partition coefficient (Wildman–Crippen LogP) is 4.41. The number of rotatable bonds is 5. The molecule has 0 spiro atoms. The highest BCUT2D eigenvalue weighted by atomic mass is 16.5. The average molecular weight is 270 g/mol. The molecule has 0 aliphatic rings. The molecule has 0 saturated heterocycles. The van der Waals surface area contributed by atoms with Gasteiger partial charge in [-0.1, -0.05) is 32.9 Å². The molecule has 2 rings (SSSR count). The summed E-state index contributed by atoms with van der Waals surface area (Å²) < 4.78 is 5.78. The SMILES string of the molecule is CC[C@H](N)c1ccc(Oc2ccc(C(C)C)cc2)cn1. The second-order valence-corrected chi connectivity index (χ2v) is 5.26.